The lowest BCUT2D eigenvalue weighted by Crippen LogP contribution is -2.11. The van der Waals surface area contributed by atoms with Crippen molar-refractivity contribution in [3.05, 3.63) is 34.5 Å². The number of aryl methyl sites for hydroxylation is 1. The molecular formula is C12H14ClNO. The Labute approximate surface area is 94.2 Å². The first-order valence-electron chi connectivity index (χ1n) is 5.09. The summed E-state index contributed by atoms with van der Waals surface area (Å²) >= 11 is 6.02. The Hall–Kier alpha value is -0.990. The summed E-state index contributed by atoms with van der Waals surface area (Å²) in [5.41, 5.74) is 3.19. The zero-order chi connectivity index (χ0) is 10.8. The fraction of sp³-hybridized carbons (Fsp3) is 0.333. The van der Waals surface area contributed by atoms with Gasteiger partial charge in [-0.15, -0.1) is 0 Å². The summed E-state index contributed by atoms with van der Waals surface area (Å²) in [6, 6.07) is 3.88. The quantitative estimate of drug-likeness (QED) is 0.862. The van der Waals surface area contributed by atoms with Crippen LogP contribution < -0.4 is 5.32 Å². The molecule has 0 saturated heterocycles. The highest BCUT2D eigenvalue weighted by Crippen LogP contribution is 2.27. The van der Waals surface area contributed by atoms with Gasteiger partial charge in [0.2, 0.25) is 0 Å². The molecule has 2 aromatic rings. The van der Waals surface area contributed by atoms with E-state index >= 15 is 0 Å². The Balaban J connectivity index is 2.49. The van der Waals surface area contributed by atoms with Crippen molar-refractivity contribution in [3.8, 4) is 0 Å². The minimum atomic E-state index is 0.763. The molecule has 0 aliphatic carbocycles. The molecule has 2 rings (SSSR count). The van der Waals surface area contributed by atoms with Crippen molar-refractivity contribution in [2.75, 3.05) is 6.54 Å². The summed E-state index contributed by atoms with van der Waals surface area (Å²) in [6.45, 7) is 5.87. The van der Waals surface area contributed by atoms with Crippen LogP contribution in [0.2, 0.25) is 5.02 Å². The van der Waals surface area contributed by atoms with E-state index in [9.17, 15) is 0 Å². The second-order valence-electron chi connectivity index (χ2n) is 3.64. The number of rotatable bonds is 3. The van der Waals surface area contributed by atoms with Gasteiger partial charge in [-0.2, -0.15) is 0 Å². The minimum absolute atomic E-state index is 0.763. The molecule has 1 aromatic heterocycles. The molecule has 3 heteroatoms. The van der Waals surface area contributed by atoms with E-state index in [4.69, 9.17) is 16.0 Å². The van der Waals surface area contributed by atoms with Crippen LogP contribution in [-0.4, -0.2) is 6.54 Å². The van der Waals surface area contributed by atoms with Gasteiger partial charge in [0.05, 0.1) is 6.26 Å². The Kier molecular flexibility index (Phi) is 2.98. The van der Waals surface area contributed by atoms with Gasteiger partial charge in [0.25, 0.3) is 0 Å². The van der Waals surface area contributed by atoms with Crippen LogP contribution in [-0.2, 0) is 6.54 Å². The summed E-state index contributed by atoms with van der Waals surface area (Å²) in [5.74, 6) is 0. The number of hydrogen-bond donors (Lipinski definition) is 1. The van der Waals surface area contributed by atoms with Gasteiger partial charge >= 0.3 is 0 Å². The van der Waals surface area contributed by atoms with Crippen LogP contribution in [0.4, 0.5) is 0 Å². The van der Waals surface area contributed by atoms with Crippen LogP contribution in [0.5, 0.6) is 0 Å². The van der Waals surface area contributed by atoms with E-state index < -0.39 is 0 Å². The lowest BCUT2D eigenvalue weighted by Gasteiger charge is -2.00. The zero-order valence-corrected chi connectivity index (χ0v) is 9.69. The van der Waals surface area contributed by atoms with Crippen LogP contribution in [0.25, 0.3) is 11.0 Å². The second-order valence-corrected chi connectivity index (χ2v) is 4.08. The Bertz CT molecular complexity index is 476. The largest absolute Gasteiger partial charge is 0.464 e. The van der Waals surface area contributed by atoms with Gasteiger partial charge in [0, 0.05) is 22.5 Å². The first-order chi connectivity index (χ1) is 7.22. The van der Waals surface area contributed by atoms with Gasteiger partial charge in [-0.25, -0.2) is 0 Å². The van der Waals surface area contributed by atoms with Crippen LogP contribution in [0.1, 0.15) is 18.1 Å². The first kappa shape index (κ1) is 10.5. The molecule has 80 valence electrons. The molecule has 0 aliphatic rings. The Morgan fingerprint density at radius 3 is 2.93 bits per heavy atom. The van der Waals surface area contributed by atoms with Crippen LogP contribution in [0, 0.1) is 6.92 Å². The van der Waals surface area contributed by atoms with Crippen molar-refractivity contribution < 1.29 is 4.42 Å². The molecule has 0 unspecified atom stereocenters. The smallest absolute Gasteiger partial charge is 0.137 e. The van der Waals surface area contributed by atoms with Crippen molar-refractivity contribution in [1.82, 2.24) is 5.32 Å². The second kappa shape index (κ2) is 4.25. The third-order valence-corrected chi connectivity index (χ3v) is 2.69. The predicted molar refractivity (Wildman–Crippen MR) is 63.3 cm³/mol. The summed E-state index contributed by atoms with van der Waals surface area (Å²) in [4.78, 5) is 0. The van der Waals surface area contributed by atoms with Gasteiger partial charge < -0.3 is 9.73 Å². The molecule has 0 spiro atoms. The monoisotopic (exact) mass is 223 g/mol. The fourth-order valence-electron chi connectivity index (χ4n) is 1.71. The molecule has 15 heavy (non-hydrogen) atoms. The van der Waals surface area contributed by atoms with E-state index in [1.807, 2.05) is 19.1 Å². The van der Waals surface area contributed by atoms with Crippen LogP contribution in [0.3, 0.4) is 0 Å². The molecule has 1 heterocycles. The van der Waals surface area contributed by atoms with E-state index in [1.165, 1.54) is 0 Å². The predicted octanol–water partition coefficient (Wildman–Crippen LogP) is 3.50. The average molecular weight is 224 g/mol. The third-order valence-electron chi connectivity index (χ3n) is 2.47. The number of benzene rings is 1. The summed E-state index contributed by atoms with van der Waals surface area (Å²) in [6.07, 6.45) is 1.80. The number of halogens is 1. The normalized spacial score (nSPS) is 11.1. The van der Waals surface area contributed by atoms with E-state index in [-0.39, 0.29) is 0 Å². The molecular weight excluding hydrogens is 210 g/mol. The van der Waals surface area contributed by atoms with Crippen molar-refractivity contribution >= 4 is 22.6 Å². The van der Waals surface area contributed by atoms with Gasteiger partial charge in [0.1, 0.15) is 5.58 Å². The molecule has 0 aliphatic heterocycles. The number of nitrogens with one attached hydrogen (secondary N) is 1. The summed E-state index contributed by atoms with van der Waals surface area (Å²) in [5, 5.41) is 5.15. The first-order valence-corrected chi connectivity index (χ1v) is 5.47. The van der Waals surface area contributed by atoms with E-state index in [0.29, 0.717) is 0 Å². The van der Waals surface area contributed by atoms with Crippen molar-refractivity contribution in [1.29, 1.82) is 0 Å². The van der Waals surface area contributed by atoms with E-state index in [1.54, 1.807) is 6.26 Å². The topological polar surface area (TPSA) is 25.2 Å². The molecule has 2 nitrogen and oxygen atoms in total. The molecule has 0 fully saturated rings. The van der Waals surface area contributed by atoms with Gasteiger partial charge in [-0.05, 0) is 31.2 Å². The molecule has 0 radical (unpaired) electrons. The minimum Gasteiger partial charge on any atom is -0.464 e. The van der Waals surface area contributed by atoms with Gasteiger partial charge in [0.15, 0.2) is 0 Å². The molecule has 0 bridgehead atoms. The zero-order valence-electron chi connectivity index (χ0n) is 8.93. The van der Waals surface area contributed by atoms with Gasteiger partial charge in [-0.3, -0.25) is 0 Å². The Morgan fingerprint density at radius 1 is 1.40 bits per heavy atom. The highest BCUT2D eigenvalue weighted by Gasteiger charge is 2.08. The van der Waals surface area contributed by atoms with Crippen molar-refractivity contribution in [2.45, 2.75) is 20.4 Å². The van der Waals surface area contributed by atoms with E-state index in [0.717, 1.165) is 40.2 Å². The molecule has 0 amide bonds. The lowest BCUT2D eigenvalue weighted by molar-refractivity contribution is 0.602. The van der Waals surface area contributed by atoms with Crippen molar-refractivity contribution in [3.63, 3.8) is 0 Å². The van der Waals surface area contributed by atoms with Crippen molar-refractivity contribution in [2.24, 2.45) is 0 Å². The van der Waals surface area contributed by atoms with E-state index in [2.05, 4.69) is 12.2 Å². The third kappa shape index (κ3) is 2.01. The molecule has 1 aromatic carbocycles. The van der Waals surface area contributed by atoms with Gasteiger partial charge in [-0.1, -0.05) is 18.5 Å². The van der Waals surface area contributed by atoms with Crippen LogP contribution in [0.15, 0.2) is 22.8 Å². The lowest BCUT2D eigenvalue weighted by atomic mass is 10.1. The number of hydrogen-bond acceptors (Lipinski definition) is 2. The molecule has 0 saturated carbocycles. The maximum Gasteiger partial charge on any atom is 0.137 e. The average Bonchev–Trinajstić information content (AvgIpc) is 2.58. The summed E-state index contributed by atoms with van der Waals surface area (Å²) < 4.78 is 5.53. The number of furan rings is 1. The molecule has 0 atom stereocenters. The SMILES string of the molecule is CCNCc1coc2c(C)cc(Cl)cc12. The fourth-order valence-corrected chi connectivity index (χ4v) is 1.99. The highest BCUT2D eigenvalue weighted by molar-refractivity contribution is 6.31. The Morgan fingerprint density at radius 2 is 2.20 bits per heavy atom. The molecule has 1 N–H and O–H groups in total. The standard InChI is InChI=1S/C12H14ClNO/c1-3-14-6-9-7-15-12-8(2)4-10(13)5-11(9)12/h4-5,7,14H,3,6H2,1-2H3. The maximum atomic E-state index is 6.02. The highest BCUT2D eigenvalue weighted by atomic mass is 35.5. The summed E-state index contributed by atoms with van der Waals surface area (Å²) in [7, 11) is 0. The number of fused-ring (bicyclic) bond motifs is 1. The van der Waals surface area contributed by atoms with Crippen LogP contribution >= 0.6 is 11.6 Å². The maximum absolute atomic E-state index is 6.02.